The van der Waals surface area contributed by atoms with Gasteiger partial charge in [0.05, 0.1) is 24.6 Å². The first-order chi connectivity index (χ1) is 16.4. The molecule has 0 saturated carbocycles. The minimum atomic E-state index is -0.425. The average Bonchev–Trinajstić information content (AvgIpc) is 3.51. The number of aryl methyl sites for hydroxylation is 1. The molecule has 180 valence electrons. The van der Waals surface area contributed by atoms with Gasteiger partial charge < -0.3 is 24.3 Å². The smallest absolute Gasteiger partial charge is 0.321 e. The number of amides is 2. The number of urea groups is 1. The molecule has 5 rings (SSSR count). The third kappa shape index (κ3) is 4.34. The van der Waals surface area contributed by atoms with E-state index >= 15 is 0 Å². The summed E-state index contributed by atoms with van der Waals surface area (Å²) in [4.78, 5) is 21.5. The number of benzene rings is 1. The van der Waals surface area contributed by atoms with Gasteiger partial charge in [0, 0.05) is 50.3 Å². The average molecular weight is 466 g/mol. The first-order valence-corrected chi connectivity index (χ1v) is 12.1. The highest BCUT2D eigenvalue weighted by Crippen LogP contribution is 2.34. The summed E-state index contributed by atoms with van der Waals surface area (Å²) in [6.45, 7) is 10.6. The number of likely N-dealkylation sites (tertiary alicyclic amines) is 1. The van der Waals surface area contributed by atoms with Crippen LogP contribution in [0.3, 0.4) is 0 Å². The van der Waals surface area contributed by atoms with Crippen LogP contribution in [0.4, 0.5) is 20.6 Å². The molecule has 7 nitrogen and oxygen atoms in total. The molecule has 2 aromatic heterocycles. The Balaban J connectivity index is 1.46. The third-order valence-electron chi connectivity index (χ3n) is 7.14. The molecule has 8 heteroatoms. The van der Waals surface area contributed by atoms with Gasteiger partial charge in [0.2, 0.25) is 0 Å². The van der Waals surface area contributed by atoms with Crippen LogP contribution < -0.4 is 10.2 Å². The van der Waals surface area contributed by atoms with Crippen molar-refractivity contribution < 1.29 is 13.9 Å². The van der Waals surface area contributed by atoms with E-state index in [2.05, 4.69) is 35.1 Å². The van der Waals surface area contributed by atoms with Crippen LogP contribution in [-0.2, 0) is 4.74 Å². The number of carbonyl (C=O) groups excluding carboxylic acids is 1. The van der Waals surface area contributed by atoms with Gasteiger partial charge in [-0.05, 0) is 54.5 Å². The van der Waals surface area contributed by atoms with Crippen molar-refractivity contribution in [2.24, 2.45) is 11.8 Å². The number of morpholine rings is 1. The predicted molar refractivity (Wildman–Crippen MR) is 132 cm³/mol. The lowest BCUT2D eigenvalue weighted by Gasteiger charge is -2.29. The van der Waals surface area contributed by atoms with E-state index in [0.717, 1.165) is 47.5 Å². The van der Waals surface area contributed by atoms with E-state index in [-0.39, 0.29) is 11.7 Å². The van der Waals surface area contributed by atoms with E-state index < -0.39 is 5.82 Å². The van der Waals surface area contributed by atoms with Gasteiger partial charge in [-0.2, -0.15) is 0 Å². The molecule has 1 N–H and O–H groups in total. The van der Waals surface area contributed by atoms with Crippen molar-refractivity contribution in [1.29, 1.82) is 0 Å². The molecule has 34 heavy (non-hydrogen) atoms. The van der Waals surface area contributed by atoms with Crippen molar-refractivity contribution in [2.45, 2.75) is 27.2 Å². The van der Waals surface area contributed by atoms with E-state index in [0.29, 0.717) is 38.1 Å². The number of hydrogen-bond acceptors (Lipinski definition) is 4. The number of fused-ring (bicyclic) bond motifs is 1. The molecule has 2 fully saturated rings. The Morgan fingerprint density at radius 1 is 1.21 bits per heavy atom. The lowest BCUT2D eigenvalue weighted by atomic mass is 9.95. The summed E-state index contributed by atoms with van der Waals surface area (Å²) in [6, 6.07) is 5.11. The fourth-order valence-corrected chi connectivity index (χ4v) is 4.99. The number of halogens is 1. The summed E-state index contributed by atoms with van der Waals surface area (Å²) in [5.41, 5.74) is 4.75. The Hall–Kier alpha value is -3.13. The monoisotopic (exact) mass is 465 g/mol. The van der Waals surface area contributed by atoms with Crippen molar-refractivity contribution in [2.75, 3.05) is 49.6 Å². The predicted octanol–water partition coefficient (Wildman–Crippen LogP) is 4.80. The van der Waals surface area contributed by atoms with Gasteiger partial charge in [0.25, 0.3) is 0 Å². The Labute approximate surface area is 199 Å². The summed E-state index contributed by atoms with van der Waals surface area (Å²) in [7, 11) is 0. The molecule has 2 aliphatic heterocycles. The highest BCUT2D eigenvalue weighted by molar-refractivity contribution is 5.91. The highest BCUT2D eigenvalue weighted by Gasteiger charge is 2.28. The third-order valence-corrected chi connectivity index (χ3v) is 7.14. The Morgan fingerprint density at radius 3 is 2.74 bits per heavy atom. The second-order valence-electron chi connectivity index (χ2n) is 9.69. The number of rotatable bonds is 4. The molecular formula is C26H32FN5O2. The number of ether oxygens (including phenoxy) is 1. The van der Waals surface area contributed by atoms with Gasteiger partial charge in [-0.1, -0.05) is 13.8 Å². The minimum absolute atomic E-state index is 0.206. The van der Waals surface area contributed by atoms with Crippen molar-refractivity contribution in [3.8, 4) is 11.1 Å². The summed E-state index contributed by atoms with van der Waals surface area (Å²) >= 11 is 0. The Kier molecular flexibility index (Phi) is 6.16. The maximum Gasteiger partial charge on any atom is 0.321 e. The van der Waals surface area contributed by atoms with Crippen LogP contribution in [0, 0.1) is 24.6 Å². The maximum absolute atomic E-state index is 14.9. The van der Waals surface area contributed by atoms with Crippen LogP contribution in [0.25, 0.3) is 16.8 Å². The fraction of sp³-hybridized carbons (Fsp3) is 0.462. The topological polar surface area (TPSA) is 62.1 Å². The number of hydrogen-bond donors (Lipinski definition) is 1. The lowest BCUT2D eigenvalue weighted by molar-refractivity contribution is 0.123. The van der Waals surface area contributed by atoms with Crippen molar-refractivity contribution in [1.82, 2.24) is 14.3 Å². The van der Waals surface area contributed by atoms with E-state index in [1.54, 1.807) is 17.2 Å². The molecule has 4 heterocycles. The number of anilines is 2. The molecule has 0 unspecified atom stereocenters. The molecular weight excluding hydrogens is 433 g/mol. The molecule has 2 amide bonds. The van der Waals surface area contributed by atoms with Crippen molar-refractivity contribution in [3.05, 3.63) is 48.2 Å². The minimum Gasteiger partial charge on any atom is -0.378 e. The van der Waals surface area contributed by atoms with Gasteiger partial charge >= 0.3 is 6.03 Å². The zero-order chi connectivity index (χ0) is 23.8. The summed E-state index contributed by atoms with van der Waals surface area (Å²) in [5.74, 6) is 0.593. The Bertz CT molecular complexity index is 1200. The zero-order valence-corrected chi connectivity index (χ0v) is 20.1. The van der Waals surface area contributed by atoms with Crippen molar-refractivity contribution in [3.63, 3.8) is 0 Å². The van der Waals surface area contributed by atoms with Crippen LogP contribution in [0.15, 0.2) is 36.8 Å². The van der Waals surface area contributed by atoms with E-state index in [1.165, 1.54) is 6.07 Å². The molecule has 0 aliphatic carbocycles. The van der Waals surface area contributed by atoms with Crippen LogP contribution in [0.5, 0.6) is 0 Å². The van der Waals surface area contributed by atoms with Gasteiger partial charge in [-0.15, -0.1) is 0 Å². The molecule has 0 spiro atoms. The summed E-state index contributed by atoms with van der Waals surface area (Å²) < 4.78 is 22.4. The SMILES string of the molecule is Cc1cc(F)c(NC(=O)N2CC[C@H](C(C)C)C2)cc1-c1cc(N2CCOCC2)c2nccn2c1. The second kappa shape index (κ2) is 9.25. The van der Waals surface area contributed by atoms with Crippen LogP contribution >= 0.6 is 0 Å². The largest absolute Gasteiger partial charge is 0.378 e. The number of imidazole rings is 1. The summed E-state index contributed by atoms with van der Waals surface area (Å²) in [6.07, 6.45) is 6.70. The first kappa shape index (κ1) is 22.7. The van der Waals surface area contributed by atoms with Gasteiger partial charge in [0.1, 0.15) is 5.82 Å². The number of aromatic nitrogens is 2. The molecule has 2 saturated heterocycles. The van der Waals surface area contributed by atoms with E-state index in [1.807, 2.05) is 23.7 Å². The van der Waals surface area contributed by atoms with E-state index in [9.17, 15) is 9.18 Å². The quantitative estimate of drug-likeness (QED) is 0.602. The number of pyridine rings is 1. The number of carbonyl (C=O) groups is 1. The number of nitrogens with one attached hydrogen (secondary N) is 1. The normalized spacial score (nSPS) is 18.8. The maximum atomic E-state index is 14.9. The van der Waals surface area contributed by atoms with E-state index in [4.69, 9.17) is 4.74 Å². The first-order valence-electron chi connectivity index (χ1n) is 12.1. The molecule has 1 atom stereocenters. The standard InChI is InChI=1S/C26H32FN5O2/c1-17(2)19-4-6-32(15-19)26(33)29-23-14-21(18(3)12-22(23)27)20-13-24(30-8-10-34-11-9-30)25-28-5-7-31(25)16-20/h5,7,12-14,16-17,19H,4,6,8-11,15H2,1-3H3,(H,29,33)/t19-/m0/s1. The molecule has 0 bridgehead atoms. The number of nitrogens with zero attached hydrogens (tertiary/aromatic N) is 4. The molecule has 0 radical (unpaired) electrons. The molecule has 1 aromatic carbocycles. The zero-order valence-electron chi connectivity index (χ0n) is 20.1. The van der Waals surface area contributed by atoms with Gasteiger partial charge in [-0.25, -0.2) is 14.2 Å². The second-order valence-corrected chi connectivity index (χ2v) is 9.69. The molecule has 2 aliphatic rings. The van der Waals surface area contributed by atoms with Crippen molar-refractivity contribution >= 4 is 23.1 Å². The Morgan fingerprint density at radius 2 is 2.00 bits per heavy atom. The molecule has 3 aromatic rings. The highest BCUT2D eigenvalue weighted by atomic mass is 19.1. The van der Waals surface area contributed by atoms with Gasteiger partial charge in [0.15, 0.2) is 5.65 Å². The lowest BCUT2D eigenvalue weighted by Crippen LogP contribution is -2.36. The van der Waals surface area contributed by atoms with Crippen LogP contribution in [0.2, 0.25) is 0 Å². The van der Waals surface area contributed by atoms with Crippen LogP contribution in [-0.4, -0.2) is 59.7 Å². The van der Waals surface area contributed by atoms with Crippen LogP contribution in [0.1, 0.15) is 25.8 Å². The summed E-state index contributed by atoms with van der Waals surface area (Å²) in [5, 5.41) is 2.83. The fourth-order valence-electron chi connectivity index (χ4n) is 4.99. The van der Waals surface area contributed by atoms with Gasteiger partial charge in [-0.3, -0.25) is 0 Å².